The molecule has 0 aliphatic heterocycles. The molecular weight excluding hydrogens is 522 g/mol. The Morgan fingerprint density at radius 2 is 1.88 bits per heavy atom. The molecular formula is C30H27N7O2S. The maximum atomic E-state index is 12.2. The number of aromatic amines is 1. The molecule has 0 unspecified atom stereocenters. The van der Waals surface area contributed by atoms with Crippen LogP contribution in [0.3, 0.4) is 0 Å². The van der Waals surface area contributed by atoms with Crippen LogP contribution in [-0.2, 0) is 11.3 Å². The Kier molecular flexibility index (Phi) is 7.23. The number of fused-ring (bicyclic) bond motifs is 2. The Balaban J connectivity index is 1.24. The molecule has 0 aliphatic rings. The number of aromatic nitrogens is 4. The van der Waals surface area contributed by atoms with Crippen LogP contribution in [0.2, 0.25) is 0 Å². The molecule has 6 rings (SSSR count). The number of nitrogen functional groups attached to an aromatic ring is 1. The van der Waals surface area contributed by atoms with Gasteiger partial charge in [0.1, 0.15) is 12.4 Å². The number of nitrogens with one attached hydrogen (secondary N) is 2. The molecule has 3 aromatic heterocycles. The molecule has 3 aromatic carbocycles. The van der Waals surface area contributed by atoms with E-state index in [0.717, 1.165) is 32.6 Å². The van der Waals surface area contributed by atoms with Crippen molar-refractivity contribution < 1.29 is 9.53 Å². The quantitative estimate of drug-likeness (QED) is 0.182. The van der Waals surface area contributed by atoms with Gasteiger partial charge in [0.15, 0.2) is 0 Å². The first-order valence-corrected chi connectivity index (χ1v) is 13.7. The first-order valence-electron chi connectivity index (χ1n) is 12.9. The summed E-state index contributed by atoms with van der Waals surface area (Å²) in [6.07, 6.45) is 3.67. The van der Waals surface area contributed by atoms with Crippen LogP contribution < -0.4 is 16.0 Å². The van der Waals surface area contributed by atoms with Crippen LogP contribution in [0, 0.1) is 0 Å². The van der Waals surface area contributed by atoms with Crippen LogP contribution in [0.15, 0.2) is 91.3 Å². The summed E-state index contributed by atoms with van der Waals surface area (Å²) >= 11 is 1.74. The molecule has 1 amide bonds. The number of carbonyl (C=O) groups excluding carboxylic acids is 1. The molecule has 0 aliphatic carbocycles. The topological polar surface area (TPSA) is 122 Å². The van der Waals surface area contributed by atoms with Crippen molar-refractivity contribution in [3.05, 3.63) is 96.8 Å². The standard InChI is InChI=1S/C30H27N7O2S/c31-29-32-13-11-27(35-29)37(14-6-12-33-30(38)39-19-20-7-2-1-3-8-20)23-15-22-18-34-36-28(22)24(17-23)26-16-21-9-4-5-10-25(21)40-26/h1-5,7-11,13,15-18H,6,12,14,19H2,(H,33,38)(H,34,36)(H2,31,32,35). The summed E-state index contributed by atoms with van der Waals surface area (Å²) in [5.74, 6) is 0.864. The van der Waals surface area contributed by atoms with E-state index in [-0.39, 0.29) is 12.6 Å². The monoisotopic (exact) mass is 549 g/mol. The molecule has 200 valence electrons. The lowest BCUT2D eigenvalue weighted by molar-refractivity contribution is 0.139. The van der Waals surface area contributed by atoms with E-state index in [1.165, 1.54) is 10.1 Å². The van der Waals surface area contributed by atoms with Crippen LogP contribution in [0.1, 0.15) is 12.0 Å². The fourth-order valence-electron chi connectivity index (χ4n) is 4.60. The maximum absolute atomic E-state index is 12.2. The molecule has 6 aromatic rings. The Hall–Kier alpha value is -4.96. The Bertz CT molecular complexity index is 1730. The number of alkyl carbamates (subject to hydrolysis) is 1. The van der Waals surface area contributed by atoms with E-state index in [1.54, 1.807) is 17.5 Å². The molecule has 40 heavy (non-hydrogen) atoms. The molecule has 0 saturated heterocycles. The van der Waals surface area contributed by atoms with Crippen LogP contribution >= 0.6 is 11.3 Å². The van der Waals surface area contributed by atoms with Gasteiger partial charge in [-0.3, -0.25) is 5.10 Å². The average Bonchev–Trinajstić information content (AvgIpc) is 3.63. The summed E-state index contributed by atoms with van der Waals surface area (Å²) in [5, 5.41) is 12.5. The van der Waals surface area contributed by atoms with Gasteiger partial charge in [0.25, 0.3) is 0 Å². The number of hydrogen-bond acceptors (Lipinski definition) is 8. The third-order valence-corrected chi connectivity index (χ3v) is 7.66. The number of benzene rings is 3. The Morgan fingerprint density at radius 1 is 1.02 bits per heavy atom. The van der Waals surface area contributed by atoms with Gasteiger partial charge in [0, 0.05) is 45.5 Å². The van der Waals surface area contributed by atoms with Crippen molar-refractivity contribution in [2.24, 2.45) is 0 Å². The van der Waals surface area contributed by atoms with Gasteiger partial charge in [-0.05, 0) is 47.7 Å². The van der Waals surface area contributed by atoms with Crippen molar-refractivity contribution in [1.29, 1.82) is 0 Å². The maximum Gasteiger partial charge on any atom is 0.407 e. The summed E-state index contributed by atoms with van der Waals surface area (Å²) in [5.41, 5.74) is 9.86. The highest BCUT2D eigenvalue weighted by Gasteiger charge is 2.17. The highest BCUT2D eigenvalue weighted by molar-refractivity contribution is 7.22. The van der Waals surface area contributed by atoms with Crippen molar-refractivity contribution in [1.82, 2.24) is 25.5 Å². The molecule has 0 bridgehead atoms. The Labute approximate surface area is 234 Å². The predicted molar refractivity (Wildman–Crippen MR) is 160 cm³/mol. The molecule has 4 N–H and O–H groups in total. The van der Waals surface area contributed by atoms with E-state index < -0.39 is 6.09 Å². The summed E-state index contributed by atoms with van der Waals surface area (Å²) in [6, 6.07) is 26.2. The van der Waals surface area contributed by atoms with E-state index in [1.807, 2.05) is 48.7 Å². The third-order valence-electron chi connectivity index (χ3n) is 6.51. The second-order valence-corrected chi connectivity index (χ2v) is 10.3. The van der Waals surface area contributed by atoms with Gasteiger partial charge in [-0.2, -0.15) is 10.1 Å². The highest BCUT2D eigenvalue weighted by atomic mass is 32.1. The lowest BCUT2D eigenvalue weighted by Gasteiger charge is -2.25. The number of carbonyl (C=O) groups is 1. The molecule has 0 spiro atoms. The first-order chi connectivity index (χ1) is 19.6. The van der Waals surface area contributed by atoms with Crippen molar-refractivity contribution in [3.8, 4) is 10.4 Å². The van der Waals surface area contributed by atoms with E-state index in [4.69, 9.17) is 10.5 Å². The molecule has 0 fully saturated rings. The second-order valence-electron chi connectivity index (χ2n) is 9.24. The van der Waals surface area contributed by atoms with Crippen LogP contribution in [0.5, 0.6) is 0 Å². The van der Waals surface area contributed by atoms with Crippen LogP contribution in [0.4, 0.5) is 22.2 Å². The normalized spacial score (nSPS) is 11.1. The number of ether oxygens (including phenoxy) is 1. The van der Waals surface area contributed by atoms with E-state index in [9.17, 15) is 4.79 Å². The number of nitrogens with zero attached hydrogens (tertiary/aromatic N) is 4. The van der Waals surface area contributed by atoms with Crippen molar-refractivity contribution in [2.75, 3.05) is 23.7 Å². The van der Waals surface area contributed by atoms with Crippen molar-refractivity contribution in [3.63, 3.8) is 0 Å². The lowest BCUT2D eigenvalue weighted by Crippen LogP contribution is -2.29. The third kappa shape index (κ3) is 5.57. The zero-order chi connectivity index (χ0) is 27.3. The summed E-state index contributed by atoms with van der Waals surface area (Å²) < 4.78 is 6.56. The molecule has 0 atom stereocenters. The van der Waals surface area contributed by atoms with Gasteiger partial charge in [-0.25, -0.2) is 9.78 Å². The van der Waals surface area contributed by atoms with Gasteiger partial charge in [-0.15, -0.1) is 11.3 Å². The van der Waals surface area contributed by atoms with E-state index >= 15 is 0 Å². The number of nitrogens with two attached hydrogens (primary N) is 1. The number of amides is 1. The zero-order valence-electron chi connectivity index (χ0n) is 21.6. The smallest absolute Gasteiger partial charge is 0.407 e. The lowest BCUT2D eigenvalue weighted by atomic mass is 10.1. The van der Waals surface area contributed by atoms with Gasteiger partial charge >= 0.3 is 6.09 Å². The molecule has 10 heteroatoms. The minimum atomic E-state index is -0.450. The predicted octanol–water partition coefficient (Wildman–Crippen LogP) is 6.27. The number of rotatable bonds is 9. The minimum absolute atomic E-state index is 0.194. The fourth-order valence-corrected chi connectivity index (χ4v) is 5.68. The van der Waals surface area contributed by atoms with Gasteiger partial charge in [-0.1, -0.05) is 48.5 Å². The zero-order valence-corrected chi connectivity index (χ0v) is 22.4. The van der Waals surface area contributed by atoms with Gasteiger partial charge in [0.05, 0.1) is 11.7 Å². The summed E-state index contributed by atoms with van der Waals surface area (Å²) in [7, 11) is 0. The van der Waals surface area contributed by atoms with Crippen LogP contribution in [0.25, 0.3) is 31.4 Å². The summed E-state index contributed by atoms with van der Waals surface area (Å²) in [6.45, 7) is 1.23. The minimum Gasteiger partial charge on any atom is -0.445 e. The molecule has 0 saturated carbocycles. The van der Waals surface area contributed by atoms with Gasteiger partial charge in [0.2, 0.25) is 5.95 Å². The SMILES string of the molecule is Nc1nccc(N(CCCNC(=O)OCc2ccccc2)c2cc(-c3cc4ccccc4s3)c3[nH]ncc3c2)n1. The largest absolute Gasteiger partial charge is 0.445 e. The average molecular weight is 550 g/mol. The number of H-pyrrole nitrogens is 1. The van der Waals surface area contributed by atoms with E-state index in [2.05, 4.69) is 66.8 Å². The van der Waals surface area contributed by atoms with E-state index in [0.29, 0.717) is 25.3 Å². The van der Waals surface area contributed by atoms with Crippen molar-refractivity contribution in [2.45, 2.75) is 13.0 Å². The first kappa shape index (κ1) is 25.3. The number of thiophene rings is 1. The summed E-state index contributed by atoms with van der Waals surface area (Å²) in [4.78, 5) is 24.0. The Morgan fingerprint density at radius 3 is 2.73 bits per heavy atom. The van der Waals surface area contributed by atoms with Crippen molar-refractivity contribution >= 4 is 55.9 Å². The molecule has 0 radical (unpaired) electrons. The number of anilines is 3. The van der Waals surface area contributed by atoms with Crippen LogP contribution in [-0.4, -0.2) is 39.3 Å². The number of hydrogen-bond donors (Lipinski definition) is 3. The molecule has 3 heterocycles. The fraction of sp³-hybridized carbons (Fsp3) is 0.133. The molecule has 9 nitrogen and oxygen atoms in total. The second kappa shape index (κ2) is 11.4. The van der Waals surface area contributed by atoms with Gasteiger partial charge < -0.3 is 20.7 Å². The highest BCUT2D eigenvalue weighted by Crippen LogP contribution is 2.40.